The molecule has 224 valence electrons. The van der Waals surface area contributed by atoms with Crippen LogP contribution in [0.2, 0.25) is 0 Å². The Balaban J connectivity index is 1.34. The first-order valence-electron chi connectivity index (χ1n) is 14.2. The Kier molecular flexibility index (Phi) is 8.42. The topological polar surface area (TPSA) is 92.2 Å². The number of hydrogen-bond donors (Lipinski definition) is 2. The summed E-state index contributed by atoms with van der Waals surface area (Å²) in [4.78, 5) is 26.6. The largest absolute Gasteiger partial charge is 0.416 e. The van der Waals surface area contributed by atoms with Crippen molar-refractivity contribution in [2.75, 3.05) is 18.0 Å². The van der Waals surface area contributed by atoms with Crippen LogP contribution in [0.15, 0.2) is 54.9 Å². The second kappa shape index (κ2) is 12.1. The highest BCUT2D eigenvalue weighted by molar-refractivity contribution is 6.10. The molecule has 0 spiro atoms. The smallest absolute Gasteiger partial charge is 0.345 e. The van der Waals surface area contributed by atoms with Crippen molar-refractivity contribution in [2.45, 2.75) is 57.3 Å². The normalized spacial score (nSPS) is 15.5. The van der Waals surface area contributed by atoms with Crippen LogP contribution in [0.4, 0.5) is 18.9 Å². The Hall–Kier alpha value is -4.43. The maximum atomic E-state index is 14.2. The predicted octanol–water partition coefficient (Wildman–Crippen LogP) is 4.64. The van der Waals surface area contributed by atoms with E-state index in [-0.39, 0.29) is 30.1 Å². The van der Waals surface area contributed by atoms with Crippen molar-refractivity contribution < 1.29 is 22.8 Å². The Morgan fingerprint density at radius 2 is 1.98 bits per heavy atom. The lowest BCUT2D eigenvalue weighted by molar-refractivity contribution is -0.138. The van der Waals surface area contributed by atoms with Gasteiger partial charge in [0.2, 0.25) is 0 Å². The Labute approximate surface area is 248 Å². The molecule has 2 N–H and O–H groups in total. The number of nitrogens with zero attached hydrogens (tertiary/aromatic N) is 4. The Morgan fingerprint density at radius 1 is 1.19 bits per heavy atom. The molecule has 1 fully saturated rings. The maximum Gasteiger partial charge on any atom is 0.416 e. The lowest BCUT2D eigenvalue weighted by atomic mass is 9.61. The van der Waals surface area contributed by atoms with Crippen LogP contribution in [0.1, 0.15) is 71.0 Å². The van der Waals surface area contributed by atoms with E-state index in [1.807, 2.05) is 36.7 Å². The quantitative estimate of drug-likeness (QED) is 0.215. The van der Waals surface area contributed by atoms with Gasteiger partial charge < -0.3 is 20.1 Å². The molecule has 2 aliphatic rings. The summed E-state index contributed by atoms with van der Waals surface area (Å²) in [6.45, 7) is 6.77. The molecule has 1 aliphatic heterocycles. The standard InChI is InChI=1S/C32H33F3N6O2/c1-4-5-10-28(42)37-12-7-11-36-18-22-13-25-26(27(14-22)32(33,34)35)19-41(29(25)43)24-9-6-8-23(15-24)31(16-21(2)17-31)30-39-38-20-40(30)3/h6,8-9,13-15,20,36H,2,4,7,11-12,16-19H2,1,3H3,(H,37,42). The number of amides is 2. The summed E-state index contributed by atoms with van der Waals surface area (Å²) in [5.41, 5.74) is 1.63. The van der Waals surface area contributed by atoms with Gasteiger partial charge in [0.15, 0.2) is 0 Å². The van der Waals surface area contributed by atoms with Gasteiger partial charge in [0, 0.05) is 37.8 Å². The second-order valence-electron chi connectivity index (χ2n) is 11.0. The van der Waals surface area contributed by atoms with Crippen molar-refractivity contribution in [3.63, 3.8) is 0 Å². The molecule has 1 saturated carbocycles. The van der Waals surface area contributed by atoms with Crippen molar-refractivity contribution >= 4 is 17.5 Å². The second-order valence-corrected chi connectivity index (χ2v) is 11.0. The molecule has 2 amide bonds. The van der Waals surface area contributed by atoms with Gasteiger partial charge in [0.25, 0.3) is 11.8 Å². The van der Waals surface area contributed by atoms with Crippen molar-refractivity contribution in [3.05, 3.63) is 88.5 Å². The zero-order valence-corrected chi connectivity index (χ0v) is 24.1. The van der Waals surface area contributed by atoms with Crippen molar-refractivity contribution in [3.8, 4) is 11.8 Å². The molecular formula is C32H33F3N6O2. The van der Waals surface area contributed by atoms with Gasteiger partial charge in [-0.2, -0.15) is 13.2 Å². The number of anilines is 1. The fraction of sp³-hybridized carbons (Fsp3) is 0.375. The summed E-state index contributed by atoms with van der Waals surface area (Å²) in [7, 11) is 1.87. The lowest BCUT2D eigenvalue weighted by Crippen LogP contribution is -2.39. The van der Waals surface area contributed by atoms with Gasteiger partial charge in [0.1, 0.15) is 12.2 Å². The summed E-state index contributed by atoms with van der Waals surface area (Å²) in [5.74, 6) is 5.11. The molecule has 5 rings (SSSR count). The third kappa shape index (κ3) is 6.06. The molecule has 1 aliphatic carbocycles. The fourth-order valence-electron chi connectivity index (χ4n) is 5.87. The van der Waals surface area contributed by atoms with Crippen molar-refractivity contribution in [2.24, 2.45) is 7.05 Å². The molecule has 11 heteroatoms. The fourth-order valence-corrected chi connectivity index (χ4v) is 5.87. The minimum Gasteiger partial charge on any atom is -0.345 e. The van der Waals surface area contributed by atoms with Gasteiger partial charge in [0.05, 0.1) is 17.5 Å². The van der Waals surface area contributed by atoms with Crippen molar-refractivity contribution in [1.82, 2.24) is 25.4 Å². The number of carbonyl (C=O) groups excluding carboxylic acids is 2. The number of carbonyl (C=O) groups is 2. The van der Waals surface area contributed by atoms with Gasteiger partial charge in [-0.3, -0.25) is 9.59 Å². The van der Waals surface area contributed by atoms with Gasteiger partial charge in [-0.15, -0.1) is 10.2 Å². The van der Waals surface area contributed by atoms with E-state index in [4.69, 9.17) is 0 Å². The molecule has 0 atom stereocenters. The number of benzene rings is 2. The first-order valence-corrected chi connectivity index (χ1v) is 14.2. The van der Waals surface area contributed by atoms with Crippen LogP contribution < -0.4 is 15.5 Å². The highest BCUT2D eigenvalue weighted by atomic mass is 19.4. The van der Waals surface area contributed by atoms with Crippen LogP contribution in [0.3, 0.4) is 0 Å². The predicted molar refractivity (Wildman–Crippen MR) is 156 cm³/mol. The number of aromatic nitrogens is 3. The van der Waals surface area contributed by atoms with Crippen LogP contribution in [0, 0.1) is 11.8 Å². The Morgan fingerprint density at radius 3 is 2.65 bits per heavy atom. The molecule has 3 aromatic rings. The monoisotopic (exact) mass is 590 g/mol. The molecule has 0 bridgehead atoms. The van der Waals surface area contributed by atoms with E-state index in [0.717, 1.165) is 23.0 Å². The number of halogens is 3. The van der Waals surface area contributed by atoms with E-state index in [9.17, 15) is 22.8 Å². The number of nitrogens with one attached hydrogen (secondary N) is 2. The van der Waals surface area contributed by atoms with Gasteiger partial charge in [-0.05, 0) is 72.7 Å². The summed E-state index contributed by atoms with van der Waals surface area (Å²) >= 11 is 0. The van der Waals surface area contributed by atoms with E-state index < -0.39 is 23.1 Å². The zero-order chi connectivity index (χ0) is 30.8. The first-order chi connectivity index (χ1) is 20.5. The molecular weight excluding hydrogens is 557 g/mol. The van der Waals surface area contributed by atoms with E-state index >= 15 is 0 Å². The average molecular weight is 591 g/mol. The van der Waals surface area contributed by atoms with Gasteiger partial charge >= 0.3 is 6.18 Å². The van der Waals surface area contributed by atoms with E-state index in [0.29, 0.717) is 50.0 Å². The number of alkyl halides is 3. The van der Waals surface area contributed by atoms with Crippen LogP contribution in [-0.4, -0.2) is 39.7 Å². The van der Waals surface area contributed by atoms with Gasteiger partial charge in [-0.1, -0.05) is 37.1 Å². The molecule has 8 nitrogen and oxygen atoms in total. The first kappa shape index (κ1) is 30.0. The van der Waals surface area contributed by atoms with Crippen molar-refractivity contribution in [1.29, 1.82) is 0 Å². The molecule has 2 aromatic carbocycles. The molecule has 2 heterocycles. The van der Waals surface area contributed by atoms with Gasteiger partial charge in [-0.25, -0.2) is 0 Å². The van der Waals surface area contributed by atoms with E-state index in [1.54, 1.807) is 18.5 Å². The maximum absolute atomic E-state index is 14.2. The highest BCUT2D eigenvalue weighted by Crippen LogP contribution is 2.51. The number of rotatable bonds is 9. The SMILES string of the molecule is C=C1CC(c2cccc(N3Cc4c(cc(CNCCCNC(=O)C#CCC)cc4C(F)(F)F)C3=O)c2)(c2nncn2C)C1. The number of aryl methyl sites for hydroxylation is 1. The zero-order valence-electron chi connectivity index (χ0n) is 24.1. The van der Waals surface area contributed by atoms with Crippen LogP contribution in [0.5, 0.6) is 0 Å². The minimum absolute atomic E-state index is 0.0254. The summed E-state index contributed by atoms with van der Waals surface area (Å²) < 4.78 is 44.5. The van der Waals surface area contributed by atoms with E-state index in [2.05, 4.69) is 39.3 Å². The summed E-state index contributed by atoms with van der Waals surface area (Å²) in [6, 6.07) is 10.0. The molecule has 0 saturated heterocycles. The lowest BCUT2D eigenvalue weighted by Gasteiger charge is -2.43. The summed E-state index contributed by atoms with van der Waals surface area (Å²) in [6.07, 6.45) is -0.485. The van der Waals surface area contributed by atoms with Crippen LogP contribution in [-0.2, 0) is 36.5 Å². The number of fused-ring (bicyclic) bond motifs is 1. The molecule has 0 radical (unpaired) electrons. The minimum atomic E-state index is -4.62. The third-order valence-electron chi connectivity index (χ3n) is 7.88. The molecule has 43 heavy (non-hydrogen) atoms. The average Bonchev–Trinajstić information content (AvgIpc) is 3.53. The molecule has 1 aromatic heterocycles. The third-order valence-corrected chi connectivity index (χ3v) is 7.88. The number of hydrogen-bond acceptors (Lipinski definition) is 5. The Bertz CT molecular complexity index is 1620. The summed E-state index contributed by atoms with van der Waals surface area (Å²) in [5, 5.41) is 14.2. The van der Waals surface area contributed by atoms with E-state index in [1.165, 1.54) is 4.90 Å². The van der Waals surface area contributed by atoms with Crippen LogP contribution in [0.25, 0.3) is 0 Å². The molecule has 0 unspecified atom stereocenters. The number of allylic oxidation sites excluding steroid dienone is 1. The highest BCUT2D eigenvalue weighted by Gasteiger charge is 2.47. The van der Waals surface area contributed by atoms with Crippen LogP contribution >= 0.6 is 0 Å².